The molecule has 4 heteroatoms. The monoisotopic (exact) mass is 239 g/mol. The van der Waals surface area contributed by atoms with Gasteiger partial charge in [-0.25, -0.2) is 4.79 Å². The van der Waals surface area contributed by atoms with E-state index in [0.717, 1.165) is 32.5 Å². The van der Waals surface area contributed by atoms with Crippen LogP contribution in [0.15, 0.2) is 0 Å². The van der Waals surface area contributed by atoms with E-state index >= 15 is 0 Å². The Kier molecular flexibility index (Phi) is 4.26. The summed E-state index contributed by atoms with van der Waals surface area (Å²) in [5.41, 5.74) is 5.55. The molecule has 2 N–H and O–H groups in total. The number of urea groups is 1. The van der Waals surface area contributed by atoms with Crippen molar-refractivity contribution in [3.05, 3.63) is 0 Å². The summed E-state index contributed by atoms with van der Waals surface area (Å²) in [7, 11) is 0. The lowest BCUT2D eigenvalue weighted by atomic mass is 10.0. The molecule has 0 bridgehead atoms. The number of nitrogens with two attached hydrogens (primary N) is 1. The van der Waals surface area contributed by atoms with Gasteiger partial charge in [-0.15, -0.1) is 0 Å². The summed E-state index contributed by atoms with van der Waals surface area (Å²) in [6.45, 7) is 5.62. The summed E-state index contributed by atoms with van der Waals surface area (Å²) >= 11 is 0. The van der Waals surface area contributed by atoms with Crippen molar-refractivity contribution >= 4 is 6.03 Å². The lowest BCUT2D eigenvalue weighted by Crippen LogP contribution is -2.48. The minimum absolute atomic E-state index is 0.257. The second-order valence-electron chi connectivity index (χ2n) is 5.54. The van der Waals surface area contributed by atoms with E-state index in [2.05, 4.69) is 11.8 Å². The van der Waals surface area contributed by atoms with Crippen molar-refractivity contribution in [2.45, 2.75) is 45.1 Å². The average molecular weight is 239 g/mol. The Balaban J connectivity index is 1.90. The lowest BCUT2D eigenvalue weighted by Gasteiger charge is -2.35. The number of amides is 2. The second kappa shape index (κ2) is 5.71. The Morgan fingerprint density at radius 3 is 2.76 bits per heavy atom. The first-order valence-corrected chi connectivity index (χ1v) is 6.98. The highest BCUT2D eigenvalue weighted by molar-refractivity contribution is 5.75. The summed E-state index contributed by atoms with van der Waals surface area (Å²) in [5.74, 6) is 0.656. The van der Waals surface area contributed by atoms with Crippen LogP contribution >= 0.6 is 0 Å². The number of hydrogen-bond donors (Lipinski definition) is 1. The molecule has 17 heavy (non-hydrogen) atoms. The standard InChI is InChI=1S/C13H25N3O/c1-11-4-2-8-15(10-11)13(17)16(9-3-7-14)12-5-6-12/h11-12H,2-10,14H2,1H3. The van der Waals surface area contributed by atoms with Crippen LogP contribution in [-0.4, -0.2) is 48.1 Å². The maximum atomic E-state index is 12.4. The number of rotatable bonds is 4. The average Bonchev–Trinajstić information content (AvgIpc) is 3.14. The van der Waals surface area contributed by atoms with Crippen LogP contribution in [0.2, 0.25) is 0 Å². The van der Waals surface area contributed by atoms with Gasteiger partial charge in [0.25, 0.3) is 0 Å². The van der Waals surface area contributed by atoms with Crippen LogP contribution in [0.5, 0.6) is 0 Å². The second-order valence-corrected chi connectivity index (χ2v) is 5.54. The van der Waals surface area contributed by atoms with Crippen molar-refractivity contribution in [2.75, 3.05) is 26.2 Å². The van der Waals surface area contributed by atoms with E-state index in [1.54, 1.807) is 0 Å². The van der Waals surface area contributed by atoms with Crippen LogP contribution in [-0.2, 0) is 0 Å². The molecule has 2 fully saturated rings. The molecule has 1 aliphatic heterocycles. The predicted molar refractivity (Wildman–Crippen MR) is 68.8 cm³/mol. The van der Waals surface area contributed by atoms with Gasteiger partial charge in [-0.1, -0.05) is 6.92 Å². The quantitative estimate of drug-likeness (QED) is 0.811. The Bertz CT molecular complexity index is 265. The van der Waals surface area contributed by atoms with E-state index in [1.807, 2.05) is 4.90 Å². The van der Waals surface area contributed by atoms with Gasteiger partial charge in [0.15, 0.2) is 0 Å². The first kappa shape index (κ1) is 12.7. The third-order valence-electron chi connectivity index (χ3n) is 3.76. The Labute approximate surface area is 104 Å². The van der Waals surface area contributed by atoms with Crippen LogP contribution < -0.4 is 5.73 Å². The molecule has 0 aromatic rings. The van der Waals surface area contributed by atoms with Crippen molar-refractivity contribution in [3.63, 3.8) is 0 Å². The maximum Gasteiger partial charge on any atom is 0.320 e. The molecule has 0 spiro atoms. The third kappa shape index (κ3) is 3.35. The summed E-state index contributed by atoms with van der Waals surface area (Å²) in [5, 5.41) is 0. The zero-order valence-corrected chi connectivity index (χ0v) is 10.9. The van der Waals surface area contributed by atoms with Gasteiger partial charge >= 0.3 is 6.03 Å². The minimum Gasteiger partial charge on any atom is -0.330 e. The van der Waals surface area contributed by atoms with Gasteiger partial charge in [0.2, 0.25) is 0 Å². The summed E-state index contributed by atoms with van der Waals surface area (Å²) in [6.07, 6.45) is 5.70. The summed E-state index contributed by atoms with van der Waals surface area (Å²) in [6, 6.07) is 0.763. The van der Waals surface area contributed by atoms with Gasteiger partial charge in [0, 0.05) is 25.7 Å². The smallest absolute Gasteiger partial charge is 0.320 e. The zero-order valence-electron chi connectivity index (χ0n) is 10.9. The molecule has 0 aromatic heterocycles. The van der Waals surface area contributed by atoms with E-state index in [9.17, 15) is 4.79 Å². The van der Waals surface area contributed by atoms with Crippen LogP contribution in [0.1, 0.15) is 39.0 Å². The Hall–Kier alpha value is -0.770. The number of carbonyl (C=O) groups excluding carboxylic acids is 1. The highest BCUT2D eigenvalue weighted by atomic mass is 16.2. The molecule has 98 valence electrons. The number of nitrogens with zero attached hydrogens (tertiary/aromatic N) is 2. The van der Waals surface area contributed by atoms with Crippen LogP contribution in [0.25, 0.3) is 0 Å². The normalized spacial score (nSPS) is 24.8. The molecular weight excluding hydrogens is 214 g/mol. The highest BCUT2D eigenvalue weighted by Crippen LogP contribution is 2.29. The van der Waals surface area contributed by atoms with E-state index < -0.39 is 0 Å². The molecule has 4 nitrogen and oxygen atoms in total. The minimum atomic E-state index is 0.257. The summed E-state index contributed by atoms with van der Waals surface area (Å²) in [4.78, 5) is 16.5. The Morgan fingerprint density at radius 2 is 2.18 bits per heavy atom. The molecule has 1 aliphatic carbocycles. The highest BCUT2D eigenvalue weighted by Gasteiger charge is 2.35. The fourth-order valence-corrected chi connectivity index (χ4v) is 2.63. The Morgan fingerprint density at radius 1 is 1.41 bits per heavy atom. The number of likely N-dealkylation sites (tertiary alicyclic amines) is 1. The van der Waals surface area contributed by atoms with Crippen LogP contribution in [0, 0.1) is 5.92 Å². The molecule has 1 heterocycles. The van der Waals surface area contributed by atoms with Gasteiger partial charge in [-0.2, -0.15) is 0 Å². The van der Waals surface area contributed by atoms with Crippen molar-refractivity contribution in [1.29, 1.82) is 0 Å². The molecule has 1 saturated carbocycles. The first-order valence-electron chi connectivity index (χ1n) is 6.98. The van der Waals surface area contributed by atoms with Crippen molar-refractivity contribution in [1.82, 2.24) is 9.80 Å². The number of carbonyl (C=O) groups is 1. The molecule has 1 unspecified atom stereocenters. The topological polar surface area (TPSA) is 49.6 Å². The largest absolute Gasteiger partial charge is 0.330 e. The van der Waals surface area contributed by atoms with E-state index in [1.165, 1.54) is 19.3 Å². The molecule has 2 rings (SSSR count). The van der Waals surface area contributed by atoms with Gasteiger partial charge < -0.3 is 15.5 Å². The van der Waals surface area contributed by atoms with E-state index in [-0.39, 0.29) is 6.03 Å². The molecule has 1 saturated heterocycles. The summed E-state index contributed by atoms with van der Waals surface area (Å²) < 4.78 is 0. The molecular formula is C13H25N3O. The van der Waals surface area contributed by atoms with E-state index in [4.69, 9.17) is 5.73 Å². The predicted octanol–water partition coefficient (Wildman–Crippen LogP) is 1.65. The fourth-order valence-electron chi connectivity index (χ4n) is 2.63. The van der Waals surface area contributed by atoms with Crippen LogP contribution in [0.4, 0.5) is 4.79 Å². The SMILES string of the molecule is CC1CCCN(C(=O)N(CCCN)C2CC2)C1. The first-order chi connectivity index (χ1) is 8.22. The number of piperidine rings is 1. The molecule has 0 radical (unpaired) electrons. The van der Waals surface area contributed by atoms with Crippen molar-refractivity contribution in [2.24, 2.45) is 11.7 Å². The van der Waals surface area contributed by atoms with Gasteiger partial charge in [-0.05, 0) is 44.6 Å². The van der Waals surface area contributed by atoms with Gasteiger partial charge in [0.05, 0.1) is 0 Å². The lowest BCUT2D eigenvalue weighted by molar-refractivity contribution is 0.128. The molecule has 0 aromatic carbocycles. The number of hydrogen-bond acceptors (Lipinski definition) is 2. The van der Waals surface area contributed by atoms with Crippen LogP contribution in [0.3, 0.4) is 0 Å². The molecule has 2 aliphatic rings. The van der Waals surface area contributed by atoms with Crippen molar-refractivity contribution in [3.8, 4) is 0 Å². The third-order valence-corrected chi connectivity index (χ3v) is 3.76. The zero-order chi connectivity index (χ0) is 12.3. The van der Waals surface area contributed by atoms with Gasteiger partial charge in [-0.3, -0.25) is 0 Å². The molecule has 2 amide bonds. The van der Waals surface area contributed by atoms with Gasteiger partial charge in [0.1, 0.15) is 0 Å². The van der Waals surface area contributed by atoms with E-state index in [0.29, 0.717) is 18.5 Å². The fraction of sp³-hybridized carbons (Fsp3) is 0.923. The van der Waals surface area contributed by atoms with Crippen molar-refractivity contribution < 1.29 is 4.79 Å². The molecule has 1 atom stereocenters. The maximum absolute atomic E-state index is 12.4.